The van der Waals surface area contributed by atoms with Gasteiger partial charge in [0, 0.05) is 25.8 Å². The first-order chi connectivity index (χ1) is 10.9. The molecular formula is C16H26N4O2S. The summed E-state index contributed by atoms with van der Waals surface area (Å²) in [4.78, 5) is 22.8. The van der Waals surface area contributed by atoms with Crippen LogP contribution < -0.4 is 10.2 Å². The van der Waals surface area contributed by atoms with Crippen LogP contribution in [0, 0.1) is 5.92 Å². The van der Waals surface area contributed by atoms with Crippen molar-refractivity contribution < 1.29 is 9.53 Å². The van der Waals surface area contributed by atoms with Crippen LogP contribution in [-0.2, 0) is 4.74 Å². The van der Waals surface area contributed by atoms with Crippen molar-refractivity contribution in [2.75, 3.05) is 30.8 Å². The quantitative estimate of drug-likeness (QED) is 0.672. The molecule has 0 aromatic carbocycles. The summed E-state index contributed by atoms with van der Waals surface area (Å²) in [6, 6.07) is 1.95. The topological polar surface area (TPSA) is 67.4 Å². The molecule has 1 fully saturated rings. The Bertz CT molecular complexity index is 533. The van der Waals surface area contributed by atoms with Crippen molar-refractivity contribution in [3.63, 3.8) is 0 Å². The van der Waals surface area contributed by atoms with E-state index in [1.54, 1.807) is 18.0 Å². The van der Waals surface area contributed by atoms with E-state index in [1.165, 1.54) is 0 Å². The van der Waals surface area contributed by atoms with Crippen molar-refractivity contribution in [1.29, 1.82) is 0 Å². The van der Waals surface area contributed by atoms with Crippen LogP contribution in [0.3, 0.4) is 0 Å². The summed E-state index contributed by atoms with van der Waals surface area (Å²) < 4.78 is 5.28. The maximum Gasteiger partial charge on any atom is 0.407 e. The minimum absolute atomic E-state index is 0.346. The Balaban J connectivity index is 1.87. The summed E-state index contributed by atoms with van der Waals surface area (Å²) >= 11 is 1.54. The van der Waals surface area contributed by atoms with Gasteiger partial charge >= 0.3 is 6.09 Å². The van der Waals surface area contributed by atoms with E-state index in [9.17, 15) is 4.79 Å². The zero-order valence-corrected chi connectivity index (χ0v) is 15.2. The summed E-state index contributed by atoms with van der Waals surface area (Å²) in [5, 5.41) is 3.67. The first kappa shape index (κ1) is 17.8. The van der Waals surface area contributed by atoms with E-state index < -0.39 is 5.60 Å². The number of alkyl carbamates (subject to hydrolysis) is 1. The summed E-state index contributed by atoms with van der Waals surface area (Å²) in [6.07, 6.45) is 5.63. The first-order valence-electron chi connectivity index (χ1n) is 7.96. The van der Waals surface area contributed by atoms with Gasteiger partial charge in [0.2, 0.25) is 0 Å². The Hall–Kier alpha value is -1.50. The lowest BCUT2D eigenvalue weighted by molar-refractivity contribution is 0.0517. The molecule has 128 valence electrons. The minimum atomic E-state index is -0.460. The molecule has 0 spiro atoms. The van der Waals surface area contributed by atoms with Crippen LogP contribution in [0.15, 0.2) is 17.4 Å². The molecule has 0 aliphatic carbocycles. The number of amides is 1. The maximum absolute atomic E-state index is 11.8. The Morgan fingerprint density at radius 1 is 1.52 bits per heavy atom. The van der Waals surface area contributed by atoms with Crippen LogP contribution in [0.4, 0.5) is 10.6 Å². The Morgan fingerprint density at radius 2 is 2.30 bits per heavy atom. The van der Waals surface area contributed by atoms with Crippen LogP contribution in [0.5, 0.6) is 0 Å². The van der Waals surface area contributed by atoms with Crippen LogP contribution in [0.1, 0.15) is 33.6 Å². The van der Waals surface area contributed by atoms with Gasteiger partial charge in [-0.1, -0.05) is 11.8 Å². The molecule has 1 aromatic rings. The number of piperidine rings is 1. The molecule has 1 N–H and O–H groups in total. The number of thioether (sulfide) groups is 1. The second-order valence-corrected chi connectivity index (χ2v) is 7.51. The highest BCUT2D eigenvalue weighted by Crippen LogP contribution is 2.22. The van der Waals surface area contributed by atoms with Crippen LogP contribution in [0.2, 0.25) is 0 Å². The van der Waals surface area contributed by atoms with E-state index in [0.29, 0.717) is 12.5 Å². The second-order valence-electron chi connectivity index (χ2n) is 6.74. The van der Waals surface area contributed by atoms with Crippen molar-refractivity contribution in [1.82, 2.24) is 15.3 Å². The molecule has 23 heavy (non-hydrogen) atoms. The van der Waals surface area contributed by atoms with E-state index in [4.69, 9.17) is 4.74 Å². The molecular weight excluding hydrogens is 312 g/mol. The average molecular weight is 338 g/mol. The molecule has 0 saturated carbocycles. The maximum atomic E-state index is 11.8. The molecule has 2 heterocycles. The summed E-state index contributed by atoms with van der Waals surface area (Å²) in [5.41, 5.74) is -0.460. The van der Waals surface area contributed by atoms with E-state index in [-0.39, 0.29) is 6.09 Å². The van der Waals surface area contributed by atoms with Gasteiger partial charge in [-0.3, -0.25) is 0 Å². The molecule has 1 amide bonds. The Labute approximate surface area is 142 Å². The van der Waals surface area contributed by atoms with Crippen molar-refractivity contribution >= 4 is 23.7 Å². The number of aromatic nitrogens is 2. The highest BCUT2D eigenvalue weighted by molar-refractivity contribution is 7.98. The fraction of sp³-hybridized carbons (Fsp3) is 0.688. The van der Waals surface area contributed by atoms with Crippen LogP contribution in [0.25, 0.3) is 0 Å². The monoisotopic (exact) mass is 338 g/mol. The number of hydrogen-bond acceptors (Lipinski definition) is 6. The highest BCUT2D eigenvalue weighted by atomic mass is 32.2. The zero-order chi connectivity index (χ0) is 16.9. The van der Waals surface area contributed by atoms with Gasteiger partial charge in [-0.25, -0.2) is 14.8 Å². The Kier molecular flexibility index (Phi) is 6.10. The summed E-state index contributed by atoms with van der Waals surface area (Å²) in [6.45, 7) is 8.12. The van der Waals surface area contributed by atoms with Gasteiger partial charge in [0.25, 0.3) is 0 Å². The summed E-state index contributed by atoms with van der Waals surface area (Å²) in [7, 11) is 0. The van der Waals surface area contributed by atoms with E-state index in [0.717, 1.165) is 36.9 Å². The van der Waals surface area contributed by atoms with Gasteiger partial charge in [-0.05, 0) is 51.9 Å². The largest absolute Gasteiger partial charge is 0.444 e. The number of ether oxygens (including phenoxy) is 1. The van der Waals surface area contributed by atoms with Gasteiger partial charge in [0.1, 0.15) is 11.4 Å². The highest BCUT2D eigenvalue weighted by Gasteiger charge is 2.23. The number of rotatable bonds is 4. The van der Waals surface area contributed by atoms with Crippen LogP contribution >= 0.6 is 11.8 Å². The van der Waals surface area contributed by atoms with Gasteiger partial charge in [-0.15, -0.1) is 0 Å². The lowest BCUT2D eigenvalue weighted by atomic mass is 9.98. The van der Waals surface area contributed by atoms with Gasteiger partial charge < -0.3 is 15.0 Å². The van der Waals surface area contributed by atoms with E-state index in [2.05, 4.69) is 20.2 Å². The Morgan fingerprint density at radius 3 is 3.00 bits per heavy atom. The van der Waals surface area contributed by atoms with Crippen molar-refractivity contribution in [2.45, 2.75) is 44.4 Å². The standard InChI is InChI=1S/C16H26N4O2S/c1-16(2,3)22-15(21)18-10-12-6-5-9-20(11-12)13-7-8-17-14(19-13)23-4/h7-8,12H,5-6,9-11H2,1-4H3,(H,18,21)/t12-/m1/s1. The predicted octanol–water partition coefficient (Wildman–Crippen LogP) is 2.94. The van der Waals surface area contributed by atoms with E-state index in [1.807, 2.05) is 33.1 Å². The molecule has 0 bridgehead atoms. The molecule has 7 heteroatoms. The number of nitrogens with one attached hydrogen (secondary N) is 1. The molecule has 0 radical (unpaired) electrons. The van der Waals surface area contributed by atoms with Crippen molar-refractivity contribution in [2.24, 2.45) is 5.92 Å². The zero-order valence-electron chi connectivity index (χ0n) is 14.3. The second kappa shape index (κ2) is 7.86. The smallest absolute Gasteiger partial charge is 0.407 e. The molecule has 1 aromatic heterocycles. The number of carbonyl (C=O) groups is 1. The predicted molar refractivity (Wildman–Crippen MR) is 93.0 cm³/mol. The third-order valence-corrected chi connectivity index (χ3v) is 4.14. The fourth-order valence-corrected chi connectivity index (χ4v) is 2.94. The third kappa shape index (κ3) is 5.89. The third-order valence-electron chi connectivity index (χ3n) is 3.58. The molecule has 1 aliphatic heterocycles. The number of carbonyl (C=O) groups excluding carboxylic acids is 1. The molecule has 2 rings (SSSR count). The van der Waals surface area contributed by atoms with Gasteiger partial charge in [0.15, 0.2) is 5.16 Å². The molecule has 1 aliphatic rings. The lowest BCUT2D eigenvalue weighted by Gasteiger charge is -2.33. The first-order valence-corrected chi connectivity index (χ1v) is 9.18. The fourth-order valence-electron chi connectivity index (χ4n) is 2.59. The molecule has 6 nitrogen and oxygen atoms in total. The van der Waals surface area contributed by atoms with E-state index >= 15 is 0 Å². The average Bonchev–Trinajstić information content (AvgIpc) is 2.52. The van der Waals surface area contributed by atoms with Crippen LogP contribution in [-0.4, -0.2) is 47.6 Å². The molecule has 1 saturated heterocycles. The number of anilines is 1. The van der Waals surface area contributed by atoms with Crippen molar-refractivity contribution in [3.05, 3.63) is 12.3 Å². The van der Waals surface area contributed by atoms with Crippen molar-refractivity contribution in [3.8, 4) is 0 Å². The number of hydrogen-bond donors (Lipinski definition) is 1. The SMILES string of the molecule is CSc1nccc(N2CCC[C@H](CNC(=O)OC(C)(C)C)C2)n1. The molecule has 1 atom stereocenters. The van der Waals surface area contributed by atoms with Gasteiger partial charge in [-0.2, -0.15) is 0 Å². The summed E-state index contributed by atoms with van der Waals surface area (Å²) in [5.74, 6) is 1.37. The molecule has 0 unspecified atom stereocenters. The van der Waals surface area contributed by atoms with Gasteiger partial charge in [0.05, 0.1) is 0 Å². The lowest BCUT2D eigenvalue weighted by Crippen LogP contribution is -2.42. The normalized spacial score (nSPS) is 18.6. The number of nitrogens with zero attached hydrogens (tertiary/aromatic N) is 3. The minimum Gasteiger partial charge on any atom is -0.444 e.